The minimum atomic E-state index is 0.259. The number of nitrogens with zero attached hydrogens (tertiary/aromatic N) is 2. The zero-order chi connectivity index (χ0) is 20.5. The second-order valence-electron chi connectivity index (χ2n) is 6.88. The normalized spacial score (nSPS) is 13.6. The molecule has 2 aromatic carbocycles. The zero-order valence-corrected chi connectivity index (χ0v) is 18.3. The van der Waals surface area contributed by atoms with Gasteiger partial charge in [-0.1, -0.05) is 52.0 Å². The summed E-state index contributed by atoms with van der Waals surface area (Å²) in [7, 11) is 3.43. The lowest BCUT2D eigenvalue weighted by atomic mass is 9.90. The second kappa shape index (κ2) is 11.1. The van der Waals surface area contributed by atoms with Crippen LogP contribution in [0.25, 0.3) is 0 Å². The predicted molar refractivity (Wildman–Crippen MR) is 117 cm³/mol. The first kappa shape index (κ1) is 22.3. The third-order valence-electron chi connectivity index (χ3n) is 5.63. The molecule has 2 atom stereocenters. The van der Waals surface area contributed by atoms with Gasteiger partial charge in [-0.2, -0.15) is 0 Å². The molecule has 0 fully saturated rings. The molecule has 0 radical (unpaired) electrons. The molecular formula is C24H36N2O2. The van der Waals surface area contributed by atoms with Gasteiger partial charge in [0.1, 0.15) is 11.5 Å². The maximum atomic E-state index is 5.38. The topological polar surface area (TPSA) is 24.9 Å². The van der Waals surface area contributed by atoms with Gasteiger partial charge in [0.05, 0.1) is 26.3 Å². The van der Waals surface area contributed by atoms with Gasteiger partial charge in [-0.3, -0.25) is 9.80 Å². The molecule has 0 saturated heterocycles. The van der Waals surface area contributed by atoms with Crippen molar-refractivity contribution in [3.05, 3.63) is 59.7 Å². The van der Waals surface area contributed by atoms with Crippen molar-refractivity contribution >= 4 is 0 Å². The van der Waals surface area contributed by atoms with Crippen molar-refractivity contribution in [2.24, 2.45) is 0 Å². The maximum absolute atomic E-state index is 5.38. The van der Waals surface area contributed by atoms with Gasteiger partial charge < -0.3 is 9.47 Å². The molecule has 0 aliphatic heterocycles. The molecule has 0 saturated carbocycles. The number of methoxy groups -OCH3 is 2. The van der Waals surface area contributed by atoms with Gasteiger partial charge >= 0.3 is 0 Å². The summed E-state index contributed by atoms with van der Waals surface area (Å²) in [4.78, 5) is 5.10. The first-order chi connectivity index (χ1) is 13.6. The van der Waals surface area contributed by atoms with E-state index in [1.54, 1.807) is 14.2 Å². The smallest absolute Gasteiger partial charge is 0.118 e. The molecular weight excluding hydrogens is 348 g/mol. The van der Waals surface area contributed by atoms with Crippen LogP contribution in [0, 0.1) is 0 Å². The standard InChI is InChI=1S/C24H36N2O2/c1-7-25(8-2)23(19-11-15-21(27-5)16-12-19)24(26(9-3)10-4)20-13-17-22(28-6)18-14-20/h11-18,23-24H,7-10H2,1-6H3/t23-,24-/m0/s1. The third kappa shape index (κ3) is 5.06. The average Bonchev–Trinajstić information content (AvgIpc) is 2.76. The Bertz CT molecular complexity index is 615. The molecule has 0 aliphatic carbocycles. The van der Waals surface area contributed by atoms with Crippen molar-refractivity contribution in [1.82, 2.24) is 9.80 Å². The lowest BCUT2D eigenvalue weighted by Crippen LogP contribution is -2.41. The van der Waals surface area contributed by atoms with Crippen molar-refractivity contribution in [2.45, 2.75) is 39.8 Å². The number of ether oxygens (including phenoxy) is 2. The summed E-state index contributed by atoms with van der Waals surface area (Å²) >= 11 is 0. The number of hydrogen-bond donors (Lipinski definition) is 0. The van der Waals surface area contributed by atoms with E-state index in [1.165, 1.54) is 11.1 Å². The van der Waals surface area contributed by atoms with Crippen LogP contribution in [-0.4, -0.2) is 50.2 Å². The van der Waals surface area contributed by atoms with Gasteiger partial charge in [0.25, 0.3) is 0 Å². The third-order valence-corrected chi connectivity index (χ3v) is 5.63. The monoisotopic (exact) mass is 384 g/mol. The molecule has 0 unspecified atom stereocenters. The van der Waals surface area contributed by atoms with E-state index in [4.69, 9.17) is 9.47 Å². The highest BCUT2D eigenvalue weighted by Crippen LogP contribution is 2.39. The van der Waals surface area contributed by atoms with E-state index in [0.717, 1.165) is 37.7 Å². The Morgan fingerprint density at radius 3 is 1.07 bits per heavy atom. The minimum Gasteiger partial charge on any atom is -0.497 e. The highest BCUT2D eigenvalue weighted by Gasteiger charge is 2.32. The van der Waals surface area contributed by atoms with E-state index >= 15 is 0 Å². The van der Waals surface area contributed by atoms with Crippen LogP contribution in [0.4, 0.5) is 0 Å². The Hall–Kier alpha value is -2.04. The summed E-state index contributed by atoms with van der Waals surface area (Å²) in [5.74, 6) is 1.79. The van der Waals surface area contributed by atoms with E-state index in [1.807, 2.05) is 0 Å². The average molecular weight is 385 g/mol. The van der Waals surface area contributed by atoms with Gasteiger partial charge in [0.2, 0.25) is 0 Å². The molecule has 4 heteroatoms. The summed E-state index contributed by atoms with van der Waals surface area (Å²) in [5, 5.41) is 0. The van der Waals surface area contributed by atoms with Crippen LogP contribution in [-0.2, 0) is 0 Å². The largest absolute Gasteiger partial charge is 0.497 e. The summed E-state index contributed by atoms with van der Waals surface area (Å²) in [5.41, 5.74) is 2.63. The molecule has 2 aromatic rings. The molecule has 0 bridgehead atoms. The van der Waals surface area contributed by atoms with Crippen LogP contribution in [0.5, 0.6) is 11.5 Å². The van der Waals surface area contributed by atoms with E-state index in [-0.39, 0.29) is 12.1 Å². The Balaban J connectivity index is 2.57. The fraction of sp³-hybridized carbons (Fsp3) is 0.500. The fourth-order valence-electron chi connectivity index (χ4n) is 4.02. The predicted octanol–water partition coefficient (Wildman–Crippen LogP) is 5.17. The fourth-order valence-corrected chi connectivity index (χ4v) is 4.02. The summed E-state index contributed by atoms with van der Waals surface area (Å²) in [6.07, 6.45) is 0. The van der Waals surface area contributed by atoms with Gasteiger partial charge in [0, 0.05) is 0 Å². The molecule has 0 N–H and O–H groups in total. The van der Waals surface area contributed by atoms with Crippen molar-refractivity contribution < 1.29 is 9.47 Å². The Labute approximate surface area is 171 Å². The van der Waals surface area contributed by atoms with Crippen LogP contribution in [0.1, 0.15) is 50.9 Å². The molecule has 4 nitrogen and oxygen atoms in total. The van der Waals surface area contributed by atoms with Gasteiger partial charge in [-0.15, -0.1) is 0 Å². The summed E-state index contributed by atoms with van der Waals surface area (Å²) < 4.78 is 10.8. The van der Waals surface area contributed by atoms with E-state index in [0.29, 0.717) is 0 Å². The Morgan fingerprint density at radius 1 is 0.571 bits per heavy atom. The number of hydrogen-bond acceptors (Lipinski definition) is 4. The molecule has 2 rings (SSSR count). The Kier molecular flexibility index (Phi) is 8.81. The molecule has 0 amide bonds. The van der Waals surface area contributed by atoms with Crippen LogP contribution in [0.15, 0.2) is 48.5 Å². The van der Waals surface area contributed by atoms with Crippen molar-refractivity contribution in [3.8, 4) is 11.5 Å². The SMILES string of the molecule is CCN(CC)[C@@H](c1ccc(OC)cc1)[C@H](c1ccc(OC)cc1)N(CC)CC. The number of benzene rings is 2. The van der Waals surface area contributed by atoms with Crippen LogP contribution in [0.3, 0.4) is 0 Å². The van der Waals surface area contributed by atoms with Gasteiger partial charge in [0.15, 0.2) is 0 Å². The molecule has 0 heterocycles. The zero-order valence-electron chi connectivity index (χ0n) is 18.3. The van der Waals surface area contributed by atoms with Crippen LogP contribution >= 0.6 is 0 Å². The molecule has 0 aliphatic rings. The van der Waals surface area contributed by atoms with E-state index in [2.05, 4.69) is 86.0 Å². The number of rotatable bonds is 11. The lowest BCUT2D eigenvalue weighted by molar-refractivity contribution is 0.0889. The van der Waals surface area contributed by atoms with E-state index in [9.17, 15) is 0 Å². The molecule has 28 heavy (non-hydrogen) atoms. The number of likely N-dealkylation sites (N-methyl/N-ethyl adjacent to an activating group) is 2. The first-order valence-electron chi connectivity index (χ1n) is 10.4. The minimum absolute atomic E-state index is 0.259. The second-order valence-corrected chi connectivity index (χ2v) is 6.88. The molecule has 0 spiro atoms. The maximum Gasteiger partial charge on any atom is 0.118 e. The lowest BCUT2D eigenvalue weighted by Gasteiger charge is -2.42. The molecule has 154 valence electrons. The van der Waals surface area contributed by atoms with E-state index < -0.39 is 0 Å². The van der Waals surface area contributed by atoms with Crippen LogP contribution in [0.2, 0.25) is 0 Å². The van der Waals surface area contributed by atoms with Crippen molar-refractivity contribution in [1.29, 1.82) is 0 Å². The Morgan fingerprint density at radius 2 is 0.857 bits per heavy atom. The quantitative estimate of drug-likeness (QED) is 0.534. The highest BCUT2D eigenvalue weighted by atomic mass is 16.5. The van der Waals surface area contributed by atoms with Crippen LogP contribution < -0.4 is 9.47 Å². The highest BCUT2D eigenvalue weighted by molar-refractivity contribution is 5.35. The van der Waals surface area contributed by atoms with Crippen molar-refractivity contribution in [3.63, 3.8) is 0 Å². The summed E-state index contributed by atoms with van der Waals surface area (Å²) in [6, 6.07) is 17.6. The molecule has 0 aromatic heterocycles. The van der Waals surface area contributed by atoms with Gasteiger partial charge in [-0.05, 0) is 61.6 Å². The van der Waals surface area contributed by atoms with Gasteiger partial charge in [-0.25, -0.2) is 0 Å². The van der Waals surface area contributed by atoms with Crippen molar-refractivity contribution in [2.75, 3.05) is 40.4 Å². The summed E-state index contributed by atoms with van der Waals surface area (Å²) in [6.45, 7) is 13.0. The first-order valence-corrected chi connectivity index (χ1v) is 10.4.